The molecule has 2 amide bonds. The molecule has 0 unspecified atom stereocenters. The molecule has 4 N–H and O–H groups in total. The van der Waals surface area contributed by atoms with Gasteiger partial charge in [0, 0.05) is 51.3 Å². The van der Waals surface area contributed by atoms with Gasteiger partial charge >= 0.3 is 6.18 Å². The number of aryl methyl sites for hydroxylation is 1. The number of aromatic amines is 1. The number of alkyl halides is 3. The van der Waals surface area contributed by atoms with Crippen molar-refractivity contribution in [2.24, 2.45) is 0 Å². The second kappa shape index (κ2) is 11.1. The minimum absolute atomic E-state index is 0.153. The highest BCUT2D eigenvalue weighted by molar-refractivity contribution is 6.35. The first-order valence-corrected chi connectivity index (χ1v) is 14.3. The van der Waals surface area contributed by atoms with Crippen LogP contribution in [0.5, 0.6) is 0 Å². The van der Waals surface area contributed by atoms with Crippen LogP contribution in [-0.4, -0.2) is 26.3 Å². The summed E-state index contributed by atoms with van der Waals surface area (Å²) >= 11 is 0. The number of carbonyl (C=O) groups is 2. The van der Waals surface area contributed by atoms with Crippen LogP contribution >= 0.6 is 0 Å². The first-order chi connectivity index (χ1) is 22.1. The number of anilines is 4. The molecular formula is C35H25F3N6O2. The van der Waals surface area contributed by atoms with Crippen LogP contribution in [0.25, 0.3) is 28.2 Å². The van der Waals surface area contributed by atoms with Gasteiger partial charge < -0.3 is 25.5 Å². The minimum atomic E-state index is -4.65. The van der Waals surface area contributed by atoms with Gasteiger partial charge in [-0.25, -0.2) is 4.98 Å². The van der Waals surface area contributed by atoms with Crippen molar-refractivity contribution < 1.29 is 22.8 Å². The third kappa shape index (κ3) is 5.73. The van der Waals surface area contributed by atoms with Gasteiger partial charge in [0.1, 0.15) is 0 Å². The first kappa shape index (κ1) is 28.7. The summed E-state index contributed by atoms with van der Waals surface area (Å²) in [5.74, 6) is -0.910. The summed E-state index contributed by atoms with van der Waals surface area (Å²) in [5.41, 5.74) is 5.14. The van der Waals surface area contributed by atoms with E-state index in [0.717, 1.165) is 34.3 Å². The molecule has 46 heavy (non-hydrogen) atoms. The van der Waals surface area contributed by atoms with Crippen LogP contribution in [0.4, 0.5) is 35.9 Å². The zero-order valence-electron chi connectivity index (χ0n) is 24.2. The highest BCUT2D eigenvalue weighted by Crippen LogP contribution is 2.36. The molecule has 0 saturated heterocycles. The normalized spacial score (nSPS) is 13.6. The Labute approximate surface area is 260 Å². The molecule has 6 aromatic rings. The van der Waals surface area contributed by atoms with Crippen molar-refractivity contribution >= 4 is 57.1 Å². The fourth-order valence-electron chi connectivity index (χ4n) is 5.41. The molecule has 7 rings (SSSR count). The molecule has 1 aliphatic rings. The lowest BCUT2D eigenvalue weighted by Gasteiger charge is -2.14. The standard InChI is InChI=1S/C35H25F3N6O2/c1-20-18-44(19-39-20)28-13-22(11-23(14-28)35(36,37)38)33(45)42-25-7-4-6-24(15-25)40-26-9-10-29-30(34(46)43-32(29)17-26)16-27-12-21-5-2-3-8-31(21)41-27/h2-19,40-41H,1H3,(H,42,45)(H,43,46). The van der Waals surface area contributed by atoms with E-state index in [-0.39, 0.29) is 17.2 Å². The summed E-state index contributed by atoms with van der Waals surface area (Å²) in [6.45, 7) is 1.72. The van der Waals surface area contributed by atoms with Crippen LogP contribution in [0, 0.1) is 6.92 Å². The average Bonchev–Trinajstić information content (AvgIpc) is 3.73. The molecule has 8 nitrogen and oxygen atoms in total. The number of hydrogen-bond acceptors (Lipinski definition) is 4. The lowest BCUT2D eigenvalue weighted by atomic mass is 10.1. The van der Waals surface area contributed by atoms with Gasteiger partial charge in [0.25, 0.3) is 11.8 Å². The Bertz CT molecular complexity index is 2160. The number of hydrogen-bond donors (Lipinski definition) is 4. The van der Waals surface area contributed by atoms with Crippen molar-refractivity contribution in [2.45, 2.75) is 13.1 Å². The van der Waals surface area contributed by atoms with Gasteiger partial charge in [0.05, 0.1) is 28.8 Å². The summed E-state index contributed by atoms with van der Waals surface area (Å²) in [7, 11) is 0. The summed E-state index contributed by atoms with van der Waals surface area (Å²) in [4.78, 5) is 33.4. The number of halogens is 3. The summed E-state index contributed by atoms with van der Waals surface area (Å²) in [6.07, 6.45) is 0.154. The number of benzene rings is 4. The number of nitrogens with one attached hydrogen (secondary N) is 4. The molecule has 0 aliphatic carbocycles. The van der Waals surface area contributed by atoms with Crippen molar-refractivity contribution in [3.05, 3.63) is 132 Å². The molecule has 11 heteroatoms. The number of amides is 2. The topological polar surface area (TPSA) is 104 Å². The molecule has 3 heterocycles. The number of imidazole rings is 1. The largest absolute Gasteiger partial charge is 0.416 e. The van der Waals surface area contributed by atoms with Crippen LogP contribution in [-0.2, 0) is 11.0 Å². The maximum atomic E-state index is 13.7. The van der Waals surface area contributed by atoms with Gasteiger partial charge in [-0.05, 0) is 79.0 Å². The molecule has 0 atom stereocenters. The number of rotatable bonds is 6. The van der Waals surface area contributed by atoms with Gasteiger partial charge in [-0.3, -0.25) is 9.59 Å². The highest BCUT2D eigenvalue weighted by atomic mass is 19.4. The predicted octanol–water partition coefficient (Wildman–Crippen LogP) is 8.17. The number of H-pyrrole nitrogens is 1. The smallest absolute Gasteiger partial charge is 0.355 e. The monoisotopic (exact) mass is 618 g/mol. The van der Waals surface area contributed by atoms with Gasteiger partial charge in [-0.2, -0.15) is 13.2 Å². The second-order valence-electron chi connectivity index (χ2n) is 10.9. The number of carbonyl (C=O) groups excluding carboxylic acids is 2. The highest BCUT2D eigenvalue weighted by Gasteiger charge is 2.32. The maximum Gasteiger partial charge on any atom is 0.416 e. The molecule has 2 aromatic heterocycles. The quantitative estimate of drug-likeness (QED) is 0.141. The molecule has 0 spiro atoms. The summed E-state index contributed by atoms with van der Waals surface area (Å²) in [6, 6.07) is 25.3. The Balaban J connectivity index is 1.10. The molecular weight excluding hydrogens is 593 g/mol. The van der Waals surface area contributed by atoms with Gasteiger partial charge in [-0.15, -0.1) is 0 Å². The van der Waals surface area contributed by atoms with E-state index >= 15 is 0 Å². The van der Waals surface area contributed by atoms with E-state index in [4.69, 9.17) is 0 Å². The van der Waals surface area contributed by atoms with Gasteiger partial charge in [0.15, 0.2) is 0 Å². The zero-order valence-corrected chi connectivity index (χ0v) is 24.2. The van der Waals surface area contributed by atoms with Crippen molar-refractivity contribution in [1.82, 2.24) is 14.5 Å². The van der Waals surface area contributed by atoms with Crippen LogP contribution in [0.1, 0.15) is 32.9 Å². The second-order valence-corrected chi connectivity index (χ2v) is 10.9. The van der Waals surface area contributed by atoms with Crippen molar-refractivity contribution in [1.29, 1.82) is 0 Å². The fraction of sp³-hybridized carbons (Fsp3) is 0.0571. The van der Waals surface area contributed by atoms with Gasteiger partial charge in [0.2, 0.25) is 0 Å². The minimum Gasteiger partial charge on any atom is -0.355 e. The lowest BCUT2D eigenvalue weighted by Crippen LogP contribution is -2.15. The van der Waals surface area contributed by atoms with E-state index in [1.54, 1.807) is 37.4 Å². The van der Waals surface area contributed by atoms with Crippen LogP contribution < -0.4 is 16.0 Å². The van der Waals surface area contributed by atoms with E-state index in [2.05, 4.69) is 25.9 Å². The molecule has 0 radical (unpaired) electrons. The summed E-state index contributed by atoms with van der Waals surface area (Å²) in [5, 5.41) is 9.92. The Hall–Kier alpha value is -6.10. The van der Waals surface area contributed by atoms with Gasteiger partial charge in [-0.1, -0.05) is 30.3 Å². The zero-order chi connectivity index (χ0) is 32.0. The van der Waals surface area contributed by atoms with Crippen molar-refractivity contribution in [3.8, 4) is 5.69 Å². The van der Waals surface area contributed by atoms with Crippen LogP contribution in [0.3, 0.4) is 0 Å². The Morgan fingerprint density at radius 1 is 0.913 bits per heavy atom. The first-order valence-electron chi connectivity index (χ1n) is 14.3. The number of fused-ring (bicyclic) bond motifs is 2. The predicted molar refractivity (Wildman–Crippen MR) is 172 cm³/mol. The Morgan fingerprint density at radius 2 is 1.72 bits per heavy atom. The molecule has 228 valence electrons. The van der Waals surface area contributed by atoms with Crippen LogP contribution in [0.15, 0.2) is 104 Å². The number of para-hydroxylation sites is 1. The van der Waals surface area contributed by atoms with E-state index in [1.807, 2.05) is 54.6 Å². The van der Waals surface area contributed by atoms with Crippen LogP contribution in [0.2, 0.25) is 0 Å². The molecule has 1 aliphatic heterocycles. The van der Waals surface area contributed by atoms with Crippen molar-refractivity contribution in [3.63, 3.8) is 0 Å². The summed E-state index contributed by atoms with van der Waals surface area (Å²) < 4.78 is 42.5. The average molecular weight is 619 g/mol. The number of nitrogens with zero attached hydrogens (tertiary/aromatic N) is 2. The Morgan fingerprint density at radius 3 is 2.50 bits per heavy atom. The van der Waals surface area contributed by atoms with E-state index < -0.39 is 17.6 Å². The lowest BCUT2D eigenvalue weighted by molar-refractivity contribution is -0.137. The van der Waals surface area contributed by atoms with E-state index in [0.29, 0.717) is 34.0 Å². The van der Waals surface area contributed by atoms with E-state index in [1.165, 1.54) is 17.0 Å². The SMILES string of the molecule is Cc1cn(-c2cc(C(=O)Nc3cccc(Nc4ccc5c(c4)NC(=O)C5=Cc4cc5ccccc5[nH]4)c3)cc(C(F)(F)F)c2)cn1. The molecule has 4 aromatic carbocycles. The van der Waals surface area contributed by atoms with E-state index in [9.17, 15) is 22.8 Å². The molecule has 0 bridgehead atoms. The Kier molecular flexibility index (Phi) is 6.93. The number of aromatic nitrogens is 3. The van der Waals surface area contributed by atoms with Crippen molar-refractivity contribution in [2.75, 3.05) is 16.0 Å². The molecule has 0 fully saturated rings. The third-order valence-corrected chi connectivity index (χ3v) is 7.58. The molecule has 0 saturated carbocycles. The third-order valence-electron chi connectivity index (χ3n) is 7.58. The maximum absolute atomic E-state index is 13.7. The fourth-order valence-corrected chi connectivity index (χ4v) is 5.41.